The molecule has 0 bridgehead atoms. The predicted molar refractivity (Wildman–Crippen MR) is 102 cm³/mol. The Morgan fingerprint density at radius 2 is 1.87 bits per heavy atom. The summed E-state index contributed by atoms with van der Waals surface area (Å²) >= 11 is 0. The Labute approximate surface area is 141 Å². The van der Waals surface area contributed by atoms with Crippen LogP contribution in [0, 0.1) is 17.3 Å². The average Bonchev–Trinajstić information content (AvgIpc) is 2.51. The maximum absolute atomic E-state index is 6.14. The Morgan fingerprint density at radius 3 is 2.35 bits per heavy atom. The first kappa shape index (κ1) is 19.2. The Morgan fingerprint density at radius 1 is 1.26 bits per heavy atom. The van der Waals surface area contributed by atoms with Gasteiger partial charge in [0.25, 0.3) is 0 Å². The van der Waals surface area contributed by atoms with E-state index < -0.39 is 0 Å². The van der Waals surface area contributed by atoms with Gasteiger partial charge in [-0.05, 0) is 30.0 Å². The highest BCUT2D eigenvalue weighted by Crippen LogP contribution is 2.33. The molecule has 0 radical (unpaired) electrons. The first-order valence-electron chi connectivity index (χ1n) is 8.23. The van der Waals surface area contributed by atoms with Crippen molar-refractivity contribution in [3.63, 3.8) is 0 Å². The Bertz CT molecular complexity index is 558. The minimum Gasteiger partial charge on any atom is -0.398 e. The number of nitrogens with two attached hydrogens (primary N) is 2. The Balaban J connectivity index is 3.13. The molecule has 0 aliphatic rings. The van der Waals surface area contributed by atoms with Crippen LogP contribution in [0.15, 0.2) is 35.0 Å². The Hall–Kier alpha value is -1.81. The second-order valence-corrected chi connectivity index (χ2v) is 7.15. The van der Waals surface area contributed by atoms with E-state index in [9.17, 15) is 0 Å². The predicted octanol–water partition coefficient (Wildman–Crippen LogP) is 3.50. The summed E-state index contributed by atoms with van der Waals surface area (Å²) in [4.78, 5) is 4.09. The molecule has 1 rings (SSSR count). The summed E-state index contributed by atoms with van der Waals surface area (Å²) in [5.74, 6) is 1.19. The lowest BCUT2D eigenvalue weighted by Crippen LogP contribution is -2.36. The first-order valence-corrected chi connectivity index (χ1v) is 8.23. The van der Waals surface area contributed by atoms with Gasteiger partial charge in [-0.1, -0.05) is 52.8 Å². The largest absolute Gasteiger partial charge is 0.398 e. The van der Waals surface area contributed by atoms with Crippen molar-refractivity contribution < 1.29 is 0 Å². The highest BCUT2D eigenvalue weighted by atomic mass is 14.9. The van der Waals surface area contributed by atoms with Crippen LogP contribution in [-0.4, -0.2) is 19.8 Å². The summed E-state index contributed by atoms with van der Waals surface area (Å²) in [5, 5.41) is 3.54. The first-order chi connectivity index (χ1) is 10.7. The lowest BCUT2D eigenvalue weighted by Gasteiger charge is -2.35. The van der Waals surface area contributed by atoms with Crippen LogP contribution in [0.4, 0.5) is 5.69 Å². The smallest absolute Gasteiger partial charge is 0.0770 e. The van der Waals surface area contributed by atoms with E-state index in [2.05, 4.69) is 51.6 Å². The van der Waals surface area contributed by atoms with E-state index in [1.165, 1.54) is 0 Å². The number of para-hydroxylation sites is 1. The molecule has 0 aliphatic heterocycles. The van der Waals surface area contributed by atoms with Crippen molar-refractivity contribution in [2.24, 2.45) is 28.0 Å². The second-order valence-electron chi connectivity index (χ2n) is 7.15. The van der Waals surface area contributed by atoms with Gasteiger partial charge in [0.2, 0.25) is 0 Å². The minimum absolute atomic E-state index is 0.129. The molecule has 0 aromatic heterocycles. The number of anilines is 1. The van der Waals surface area contributed by atoms with Crippen molar-refractivity contribution in [1.82, 2.24) is 5.32 Å². The number of nitrogens with one attached hydrogen (secondary N) is 1. The van der Waals surface area contributed by atoms with Gasteiger partial charge in [-0.2, -0.15) is 0 Å². The molecule has 4 heteroatoms. The van der Waals surface area contributed by atoms with Crippen LogP contribution >= 0.6 is 0 Å². The average molecular weight is 316 g/mol. The van der Waals surface area contributed by atoms with E-state index in [0.29, 0.717) is 24.1 Å². The van der Waals surface area contributed by atoms with Gasteiger partial charge in [0.1, 0.15) is 0 Å². The van der Waals surface area contributed by atoms with Crippen LogP contribution < -0.4 is 16.8 Å². The highest BCUT2D eigenvalue weighted by Gasteiger charge is 2.28. The zero-order valence-electron chi connectivity index (χ0n) is 15.2. The quantitative estimate of drug-likeness (QED) is 0.507. The number of aliphatic imine (C=N–C) groups is 1. The van der Waals surface area contributed by atoms with Crippen molar-refractivity contribution in [3.05, 3.63) is 35.5 Å². The summed E-state index contributed by atoms with van der Waals surface area (Å²) in [6, 6.07) is 7.75. The van der Waals surface area contributed by atoms with Gasteiger partial charge in [-0.25, -0.2) is 0 Å². The molecule has 1 unspecified atom stereocenters. The molecule has 0 fully saturated rings. The Kier molecular flexibility index (Phi) is 6.82. The summed E-state index contributed by atoms with van der Waals surface area (Å²) in [5.41, 5.74) is 15.4. The zero-order chi connectivity index (χ0) is 17.6. The lowest BCUT2D eigenvalue weighted by molar-refractivity contribution is 0.176. The summed E-state index contributed by atoms with van der Waals surface area (Å²) in [6.45, 7) is 16.1. The third kappa shape index (κ3) is 4.83. The molecule has 0 saturated carbocycles. The van der Waals surface area contributed by atoms with Crippen molar-refractivity contribution >= 4 is 18.1 Å². The third-order valence-corrected chi connectivity index (χ3v) is 4.86. The molecule has 0 spiro atoms. The molecule has 0 heterocycles. The van der Waals surface area contributed by atoms with Crippen molar-refractivity contribution in [2.75, 3.05) is 18.8 Å². The van der Waals surface area contributed by atoms with Gasteiger partial charge < -0.3 is 16.8 Å². The van der Waals surface area contributed by atoms with Crippen molar-refractivity contribution in [1.29, 1.82) is 0 Å². The molecule has 128 valence electrons. The number of nitrogen functional groups attached to an aromatic ring is 1. The molecule has 0 saturated heterocycles. The summed E-state index contributed by atoms with van der Waals surface area (Å²) < 4.78 is 0. The monoisotopic (exact) mass is 316 g/mol. The maximum atomic E-state index is 6.14. The molecule has 0 amide bonds. The van der Waals surface area contributed by atoms with Gasteiger partial charge in [-0.15, -0.1) is 0 Å². The van der Waals surface area contributed by atoms with Crippen LogP contribution in [0.1, 0.15) is 40.2 Å². The van der Waals surface area contributed by atoms with Crippen LogP contribution in [0.5, 0.6) is 0 Å². The molecule has 5 N–H and O–H groups in total. The number of hydrogen-bond acceptors (Lipinski definition) is 4. The number of hydrogen-bond donors (Lipinski definition) is 3. The molecular formula is C19H32N4. The van der Waals surface area contributed by atoms with Crippen molar-refractivity contribution in [2.45, 2.75) is 34.6 Å². The maximum Gasteiger partial charge on any atom is 0.0770 e. The molecule has 23 heavy (non-hydrogen) atoms. The molecular weight excluding hydrogens is 284 g/mol. The van der Waals surface area contributed by atoms with Crippen LogP contribution in [0.25, 0.3) is 5.70 Å². The number of rotatable bonds is 8. The van der Waals surface area contributed by atoms with Gasteiger partial charge >= 0.3 is 0 Å². The molecule has 1 aromatic carbocycles. The molecule has 1 atom stereocenters. The molecule has 1 aromatic rings. The van der Waals surface area contributed by atoms with E-state index in [1.807, 2.05) is 24.3 Å². The van der Waals surface area contributed by atoms with Gasteiger partial charge in [0, 0.05) is 24.3 Å². The van der Waals surface area contributed by atoms with E-state index in [-0.39, 0.29) is 5.41 Å². The SMILES string of the molecule is C=N/C(CN)=C(\NCC(C)(C)C(C)C(C)C)c1ccccc1N. The fraction of sp³-hybridized carbons (Fsp3) is 0.526. The van der Waals surface area contributed by atoms with Crippen molar-refractivity contribution in [3.8, 4) is 0 Å². The van der Waals surface area contributed by atoms with E-state index in [1.54, 1.807) is 0 Å². The fourth-order valence-corrected chi connectivity index (χ4v) is 2.70. The van der Waals surface area contributed by atoms with Gasteiger partial charge in [-0.3, -0.25) is 4.99 Å². The summed E-state index contributed by atoms with van der Waals surface area (Å²) in [7, 11) is 0. The van der Waals surface area contributed by atoms with Crippen LogP contribution in [0.2, 0.25) is 0 Å². The topological polar surface area (TPSA) is 76.4 Å². The van der Waals surface area contributed by atoms with Gasteiger partial charge in [0.05, 0.1) is 11.4 Å². The van der Waals surface area contributed by atoms with Crippen LogP contribution in [-0.2, 0) is 0 Å². The zero-order valence-corrected chi connectivity index (χ0v) is 15.2. The standard InChI is InChI=1S/C19H32N4/c1-13(2)14(3)19(4,5)12-23-18(17(11-20)22-6)15-9-7-8-10-16(15)21/h7-10,13-14,23H,6,11-12,20-21H2,1-5H3/b18-17-. The number of nitrogens with zero attached hydrogens (tertiary/aromatic N) is 1. The normalized spacial score (nSPS) is 14.4. The van der Waals surface area contributed by atoms with E-state index in [4.69, 9.17) is 11.5 Å². The lowest BCUT2D eigenvalue weighted by atomic mass is 9.74. The molecule has 4 nitrogen and oxygen atoms in total. The van der Waals surface area contributed by atoms with E-state index >= 15 is 0 Å². The highest BCUT2D eigenvalue weighted by molar-refractivity contribution is 5.76. The van der Waals surface area contributed by atoms with E-state index in [0.717, 1.165) is 23.5 Å². The molecule has 0 aliphatic carbocycles. The summed E-state index contributed by atoms with van der Waals surface area (Å²) in [6.07, 6.45) is 0. The third-order valence-electron chi connectivity index (χ3n) is 4.86. The number of benzene rings is 1. The van der Waals surface area contributed by atoms with Crippen LogP contribution in [0.3, 0.4) is 0 Å². The fourth-order valence-electron chi connectivity index (χ4n) is 2.70. The second kappa shape index (κ2) is 8.16. The minimum atomic E-state index is 0.129. The van der Waals surface area contributed by atoms with Gasteiger partial charge in [0.15, 0.2) is 0 Å².